The van der Waals surface area contributed by atoms with E-state index >= 15 is 0 Å². The number of aromatic nitrogens is 1. The van der Waals surface area contributed by atoms with Crippen molar-refractivity contribution in [1.29, 1.82) is 0 Å². The maximum absolute atomic E-state index is 12.6. The van der Waals surface area contributed by atoms with Gasteiger partial charge in [-0.2, -0.15) is 5.10 Å². The van der Waals surface area contributed by atoms with Crippen LogP contribution in [-0.4, -0.2) is 17.1 Å². The number of thiazole rings is 1. The molecule has 188 valence electrons. The second-order valence-corrected chi connectivity index (χ2v) is 9.52. The molecule has 0 aliphatic rings. The van der Waals surface area contributed by atoms with Gasteiger partial charge in [-0.15, -0.1) is 11.3 Å². The van der Waals surface area contributed by atoms with E-state index in [1.807, 2.05) is 96.4 Å². The van der Waals surface area contributed by atoms with Gasteiger partial charge in [-0.1, -0.05) is 72.3 Å². The number of hydrogen-bond acceptors (Lipinski definition) is 6. The Morgan fingerprint density at radius 1 is 0.947 bits per heavy atom. The van der Waals surface area contributed by atoms with E-state index in [4.69, 9.17) is 16.3 Å². The minimum absolute atomic E-state index is 0.302. The van der Waals surface area contributed by atoms with E-state index in [-0.39, 0.29) is 5.91 Å². The van der Waals surface area contributed by atoms with Crippen LogP contribution in [0.25, 0.3) is 11.3 Å². The van der Waals surface area contributed by atoms with Crippen LogP contribution in [0, 0.1) is 0 Å². The first kappa shape index (κ1) is 25.2. The van der Waals surface area contributed by atoms with Crippen molar-refractivity contribution in [2.45, 2.75) is 6.61 Å². The monoisotopic (exact) mass is 538 g/mol. The summed E-state index contributed by atoms with van der Waals surface area (Å²) < 4.78 is 5.85. The molecule has 1 amide bonds. The molecular formula is C30H23ClN4O2S. The summed E-state index contributed by atoms with van der Waals surface area (Å²) in [4.78, 5) is 17.2. The maximum atomic E-state index is 12.6. The van der Waals surface area contributed by atoms with Gasteiger partial charge in [0.25, 0.3) is 5.91 Å². The van der Waals surface area contributed by atoms with Crippen LogP contribution in [-0.2, 0) is 6.61 Å². The molecule has 5 aromatic rings. The molecule has 0 unspecified atom stereocenters. The molecule has 8 heteroatoms. The number of hydrogen-bond donors (Lipinski definition) is 2. The zero-order chi connectivity index (χ0) is 26.2. The highest BCUT2D eigenvalue weighted by atomic mass is 35.5. The zero-order valence-corrected chi connectivity index (χ0v) is 21.7. The number of benzene rings is 4. The molecule has 0 saturated heterocycles. The zero-order valence-electron chi connectivity index (χ0n) is 20.2. The number of anilines is 2. The summed E-state index contributed by atoms with van der Waals surface area (Å²) in [5.74, 6) is 0.378. The largest absolute Gasteiger partial charge is 0.489 e. The van der Waals surface area contributed by atoms with Gasteiger partial charge in [0.1, 0.15) is 12.4 Å². The van der Waals surface area contributed by atoms with Crippen molar-refractivity contribution in [2.75, 3.05) is 5.32 Å². The molecule has 0 spiro atoms. The predicted molar refractivity (Wildman–Crippen MR) is 155 cm³/mol. The van der Waals surface area contributed by atoms with Crippen LogP contribution in [0.15, 0.2) is 114 Å². The standard InChI is InChI=1S/C30H23ClN4O2S/c31-27-12-5-4-8-24(27)19-37-26-11-6-7-21(17-26)18-32-35-29(36)23-15-13-22(14-16-23)28-20-38-30(34-28)33-25-9-2-1-3-10-25/h1-18,20H,19H2,(H,33,34)(H,35,36)/b32-18-. The van der Waals surface area contributed by atoms with E-state index < -0.39 is 0 Å². The van der Waals surface area contributed by atoms with Crippen LogP contribution in [0.2, 0.25) is 5.02 Å². The maximum Gasteiger partial charge on any atom is 0.271 e. The molecule has 38 heavy (non-hydrogen) atoms. The number of carbonyl (C=O) groups is 1. The molecule has 0 saturated carbocycles. The first-order chi connectivity index (χ1) is 18.6. The Balaban J connectivity index is 1.15. The average molecular weight is 539 g/mol. The molecule has 0 radical (unpaired) electrons. The number of hydrazone groups is 1. The fourth-order valence-corrected chi connectivity index (χ4v) is 4.52. The quantitative estimate of drug-likeness (QED) is 0.150. The Labute approximate surface area is 229 Å². The number of para-hydroxylation sites is 1. The van der Waals surface area contributed by atoms with Gasteiger partial charge in [-0.25, -0.2) is 10.4 Å². The molecule has 2 N–H and O–H groups in total. The summed E-state index contributed by atoms with van der Waals surface area (Å²) in [6.07, 6.45) is 1.57. The topological polar surface area (TPSA) is 75.6 Å². The van der Waals surface area contributed by atoms with E-state index in [1.54, 1.807) is 18.3 Å². The number of nitrogens with one attached hydrogen (secondary N) is 2. The molecule has 0 aliphatic carbocycles. The van der Waals surface area contributed by atoms with Gasteiger partial charge in [-0.3, -0.25) is 4.79 Å². The first-order valence-electron chi connectivity index (χ1n) is 11.8. The summed E-state index contributed by atoms with van der Waals surface area (Å²) in [5.41, 5.74) is 7.53. The molecule has 0 fully saturated rings. The lowest BCUT2D eigenvalue weighted by molar-refractivity contribution is 0.0955. The fraction of sp³-hybridized carbons (Fsp3) is 0.0333. The van der Waals surface area contributed by atoms with Crippen LogP contribution < -0.4 is 15.5 Å². The highest BCUT2D eigenvalue weighted by Crippen LogP contribution is 2.27. The highest BCUT2D eigenvalue weighted by molar-refractivity contribution is 7.14. The number of rotatable bonds is 9. The smallest absolute Gasteiger partial charge is 0.271 e. The number of nitrogens with zero attached hydrogens (tertiary/aromatic N) is 2. The van der Waals surface area contributed by atoms with Crippen LogP contribution >= 0.6 is 22.9 Å². The Kier molecular flexibility index (Phi) is 8.08. The summed E-state index contributed by atoms with van der Waals surface area (Å²) in [7, 11) is 0. The van der Waals surface area contributed by atoms with Crippen molar-refractivity contribution in [3.8, 4) is 17.0 Å². The third-order valence-electron chi connectivity index (χ3n) is 5.56. The molecule has 5 rings (SSSR count). The van der Waals surface area contributed by atoms with Crippen molar-refractivity contribution < 1.29 is 9.53 Å². The average Bonchev–Trinajstić information content (AvgIpc) is 3.42. The van der Waals surface area contributed by atoms with E-state index in [0.717, 1.165) is 33.2 Å². The van der Waals surface area contributed by atoms with E-state index in [0.29, 0.717) is 22.9 Å². The fourth-order valence-electron chi connectivity index (χ4n) is 3.59. The highest BCUT2D eigenvalue weighted by Gasteiger charge is 2.08. The normalized spacial score (nSPS) is 10.9. The number of carbonyl (C=O) groups excluding carboxylic acids is 1. The molecule has 1 heterocycles. The van der Waals surface area contributed by atoms with E-state index in [9.17, 15) is 4.79 Å². The van der Waals surface area contributed by atoms with Crippen LogP contribution in [0.1, 0.15) is 21.5 Å². The molecule has 1 aromatic heterocycles. The Bertz CT molecular complexity index is 1550. The van der Waals surface area contributed by atoms with Crippen LogP contribution in [0.4, 0.5) is 10.8 Å². The lowest BCUT2D eigenvalue weighted by atomic mass is 10.1. The van der Waals surface area contributed by atoms with E-state index in [2.05, 4.69) is 20.8 Å². The molecule has 4 aromatic carbocycles. The van der Waals surface area contributed by atoms with Gasteiger partial charge in [0.15, 0.2) is 5.13 Å². The second kappa shape index (κ2) is 12.2. The van der Waals surface area contributed by atoms with Gasteiger partial charge in [0, 0.05) is 32.8 Å². The summed E-state index contributed by atoms with van der Waals surface area (Å²) in [6, 6.07) is 32.2. The van der Waals surface area contributed by atoms with Crippen molar-refractivity contribution in [1.82, 2.24) is 10.4 Å². The Hall–Kier alpha value is -4.46. The van der Waals surface area contributed by atoms with Gasteiger partial charge in [0.05, 0.1) is 11.9 Å². The second-order valence-electron chi connectivity index (χ2n) is 8.26. The lowest BCUT2D eigenvalue weighted by Gasteiger charge is -2.08. The number of amides is 1. The molecule has 0 bridgehead atoms. The molecule has 0 aliphatic heterocycles. The predicted octanol–water partition coefficient (Wildman–Crippen LogP) is 7.55. The van der Waals surface area contributed by atoms with Crippen molar-refractivity contribution in [2.24, 2.45) is 5.10 Å². The Morgan fingerprint density at radius 2 is 1.74 bits per heavy atom. The molecule has 0 atom stereocenters. The first-order valence-corrected chi connectivity index (χ1v) is 13.1. The van der Waals surface area contributed by atoms with Gasteiger partial charge in [-0.05, 0) is 48.0 Å². The lowest BCUT2D eigenvalue weighted by Crippen LogP contribution is -2.17. The van der Waals surface area contributed by atoms with Crippen molar-refractivity contribution >= 4 is 45.9 Å². The van der Waals surface area contributed by atoms with Crippen LogP contribution in [0.5, 0.6) is 5.75 Å². The summed E-state index contributed by atoms with van der Waals surface area (Å²) in [5, 5.41) is 10.8. The third-order valence-corrected chi connectivity index (χ3v) is 6.69. The van der Waals surface area contributed by atoms with Gasteiger partial charge in [0.2, 0.25) is 0 Å². The van der Waals surface area contributed by atoms with Gasteiger partial charge < -0.3 is 10.1 Å². The minimum Gasteiger partial charge on any atom is -0.489 e. The minimum atomic E-state index is -0.302. The van der Waals surface area contributed by atoms with E-state index in [1.165, 1.54) is 11.3 Å². The summed E-state index contributed by atoms with van der Waals surface area (Å²) >= 11 is 7.72. The molecular weight excluding hydrogens is 516 g/mol. The third kappa shape index (κ3) is 6.64. The van der Waals surface area contributed by atoms with Crippen molar-refractivity contribution in [3.63, 3.8) is 0 Å². The SMILES string of the molecule is O=C(N/N=C\c1cccc(OCc2ccccc2Cl)c1)c1ccc(-c2csc(Nc3ccccc3)n2)cc1. The van der Waals surface area contributed by atoms with Crippen LogP contribution in [0.3, 0.4) is 0 Å². The molecule has 6 nitrogen and oxygen atoms in total. The van der Waals surface area contributed by atoms with Crippen molar-refractivity contribution in [3.05, 3.63) is 130 Å². The Morgan fingerprint density at radius 3 is 2.55 bits per heavy atom. The van der Waals surface area contributed by atoms with Gasteiger partial charge >= 0.3 is 0 Å². The summed E-state index contributed by atoms with van der Waals surface area (Å²) in [6.45, 7) is 0.360. The number of ether oxygens (including phenoxy) is 1. The number of halogens is 1.